The van der Waals surface area contributed by atoms with Gasteiger partial charge in [-0.2, -0.15) is 0 Å². The molecule has 1 aromatic rings. The number of aliphatic carboxylic acids is 1. The number of fused-ring (bicyclic) bond motifs is 1. The summed E-state index contributed by atoms with van der Waals surface area (Å²) in [7, 11) is 0. The van der Waals surface area contributed by atoms with Gasteiger partial charge in [-0.3, -0.25) is 4.79 Å². The van der Waals surface area contributed by atoms with E-state index in [0.717, 1.165) is 0 Å². The molecule has 0 spiro atoms. The number of rotatable bonds is 2. The minimum Gasteiger partial charge on any atom is -0.486 e. The minimum atomic E-state index is -1.55. The topological polar surface area (TPSA) is 72.8 Å². The average molecular weight is 257 g/mol. The van der Waals surface area contributed by atoms with Crippen LogP contribution in [0.4, 0.5) is 0 Å². The second-order valence-corrected chi connectivity index (χ2v) is 3.92. The van der Waals surface area contributed by atoms with Crippen molar-refractivity contribution in [3.05, 3.63) is 22.2 Å². The number of Topliss-reactive ketones (excluding diaryl/α,β-unsaturated/α-hetero) is 1. The van der Waals surface area contributed by atoms with Crippen LogP contribution in [-0.4, -0.2) is 30.1 Å². The molecule has 0 radical (unpaired) electrons. The minimum absolute atomic E-state index is 0.0419. The summed E-state index contributed by atoms with van der Waals surface area (Å²) in [4.78, 5) is 22.4. The maximum atomic E-state index is 11.6. The van der Waals surface area contributed by atoms with E-state index >= 15 is 0 Å². The van der Waals surface area contributed by atoms with Crippen molar-refractivity contribution in [3.8, 4) is 11.5 Å². The van der Waals surface area contributed by atoms with Gasteiger partial charge in [0.1, 0.15) is 13.2 Å². The number of carbonyl (C=O) groups is 2. The summed E-state index contributed by atoms with van der Waals surface area (Å²) in [6, 6.07) is 1.52. The van der Waals surface area contributed by atoms with E-state index in [2.05, 4.69) is 0 Å². The molecule has 0 aromatic heterocycles. The molecule has 5 nitrogen and oxygen atoms in total. The monoisotopic (exact) mass is 256 g/mol. The number of ketones is 1. The average Bonchev–Trinajstić information content (AvgIpc) is 2.30. The number of halogens is 1. The Balaban J connectivity index is 2.66. The third-order valence-electron chi connectivity index (χ3n) is 2.45. The van der Waals surface area contributed by atoms with Crippen molar-refractivity contribution in [1.29, 1.82) is 0 Å². The second kappa shape index (κ2) is 4.25. The Labute approximate surface area is 102 Å². The Bertz CT molecular complexity index is 509. The fourth-order valence-electron chi connectivity index (χ4n) is 1.63. The van der Waals surface area contributed by atoms with E-state index in [1.807, 2.05) is 0 Å². The van der Waals surface area contributed by atoms with Crippen LogP contribution in [0.1, 0.15) is 15.9 Å². The van der Waals surface area contributed by atoms with Crippen LogP contribution in [-0.2, 0) is 4.79 Å². The lowest BCUT2D eigenvalue weighted by Crippen LogP contribution is -2.21. The maximum absolute atomic E-state index is 11.6. The molecule has 1 aliphatic heterocycles. The number of hydrogen-bond acceptors (Lipinski definition) is 4. The number of carboxylic acid groups (broad SMARTS) is 1. The lowest BCUT2D eigenvalue weighted by molar-refractivity contribution is -0.131. The Hall–Kier alpha value is -1.75. The summed E-state index contributed by atoms with van der Waals surface area (Å²) < 4.78 is 10.6. The van der Waals surface area contributed by atoms with E-state index in [0.29, 0.717) is 17.9 Å². The van der Waals surface area contributed by atoms with Gasteiger partial charge in [0, 0.05) is 11.1 Å². The molecule has 6 heteroatoms. The molecule has 0 amide bonds. The molecular formula is C11H9ClO5. The number of carbonyl (C=O) groups excluding carboxylic acids is 1. The van der Waals surface area contributed by atoms with E-state index < -0.39 is 11.8 Å². The first-order valence-corrected chi connectivity index (χ1v) is 5.26. The van der Waals surface area contributed by atoms with Crippen LogP contribution < -0.4 is 9.47 Å². The molecule has 2 rings (SSSR count). The van der Waals surface area contributed by atoms with Crippen LogP contribution >= 0.6 is 11.6 Å². The SMILES string of the molecule is Cc1c(Cl)cc2c(c1C(=O)C(=O)O)OCCO2. The lowest BCUT2D eigenvalue weighted by atomic mass is 10.0. The molecule has 0 bridgehead atoms. The quantitative estimate of drug-likeness (QED) is 0.644. The van der Waals surface area contributed by atoms with Crippen molar-refractivity contribution < 1.29 is 24.2 Å². The first-order valence-electron chi connectivity index (χ1n) is 4.88. The Morgan fingerprint density at radius 1 is 1.35 bits per heavy atom. The Kier molecular flexibility index (Phi) is 2.93. The van der Waals surface area contributed by atoms with Gasteiger partial charge in [0.15, 0.2) is 11.5 Å². The summed E-state index contributed by atoms with van der Waals surface area (Å²) in [5.74, 6) is -2.14. The first kappa shape index (κ1) is 11.7. The smallest absolute Gasteiger partial charge is 0.377 e. The van der Waals surface area contributed by atoms with Crippen molar-refractivity contribution in [3.63, 3.8) is 0 Å². The van der Waals surface area contributed by atoms with Gasteiger partial charge in [-0.25, -0.2) is 4.79 Å². The van der Waals surface area contributed by atoms with Gasteiger partial charge in [0.05, 0.1) is 5.56 Å². The summed E-state index contributed by atoms with van der Waals surface area (Å²) in [6.07, 6.45) is 0. The molecule has 90 valence electrons. The molecule has 0 saturated heterocycles. The second-order valence-electron chi connectivity index (χ2n) is 3.52. The van der Waals surface area contributed by atoms with E-state index in [1.165, 1.54) is 6.07 Å². The highest BCUT2D eigenvalue weighted by atomic mass is 35.5. The van der Waals surface area contributed by atoms with Crippen LogP contribution in [0.25, 0.3) is 0 Å². The van der Waals surface area contributed by atoms with Crippen LogP contribution in [0.2, 0.25) is 5.02 Å². The fraction of sp³-hybridized carbons (Fsp3) is 0.273. The molecule has 0 saturated carbocycles. The van der Waals surface area contributed by atoms with Gasteiger partial charge in [0.2, 0.25) is 0 Å². The maximum Gasteiger partial charge on any atom is 0.377 e. The molecule has 1 heterocycles. The van der Waals surface area contributed by atoms with Crippen molar-refractivity contribution in [1.82, 2.24) is 0 Å². The highest BCUT2D eigenvalue weighted by Gasteiger charge is 2.28. The summed E-state index contributed by atoms with van der Waals surface area (Å²) in [5.41, 5.74) is 0.336. The van der Waals surface area contributed by atoms with Gasteiger partial charge < -0.3 is 14.6 Å². The van der Waals surface area contributed by atoms with Crippen molar-refractivity contribution in [2.24, 2.45) is 0 Å². The molecule has 0 aliphatic carbocycles. The molecule has 1 N–H and O–H groups in total. The molecule has 17 heavy (non-hydrogen) atoms. The zero-order chi connectivity index (χ0) is 12.6. The van der Waals surface area contributed by atoms with E-state index in [1.54, 1.807) is 6.92 Å². The number of hydrogen-bond donors (Lipinski definition) is 1. The predicted molar refractivity (Wildman–Crippen MR) is 59.1 cm³/mol. The predicted octanol–water partition coefficient (Wildman–Crippen LogP) is 1.69. The fourth-order valence-corrected chi connectivity index (χ4v) is 1.82. The van der Waals surface area contributed by atoms with Gasteiger partial charge in [-0.1, -0.05) is 11.6 Å². The van der Waals surface area contributed by atoms with Gasteiger partial charge in [-0.05, 0) is 12.5 Å². The zero-order valence-electron chi connectivity index (χ0n) is 8.95. The Morgan fingerprint density at radius 3 is 2.65 bits per heavy atom. The zero-order valence-corrected chi connectivity index (χ0v) is 9.71. The van der Waals surface area contributed by atoms with Crippen LogP contribution in [0.3, 0.4) is 0 Å². The molecule has 0 unspecified atom stereocenters. The van der Waals surface area contributed by atoms with E-state index in [9.17, 15) is 9.59 Å². The highest BCUT2D eigenvalue weighted by molar-refractivity contribution is 6.42. The van der Waals surface area contributed by atoms with Crippen LogP contribution in [0.15, 0.2) is 6.07 Å². The number of carboxylic acids is 1. The largest absolute Gasteiger partial charge is 0.486 e. The van der Waals surface area contributed by atoms with E-state index in [4.69, 9.17) is 26.2 Å². The van der Waals surface area contributed by atoms with Crippen molar-refractivity contribution >= 4 is 23.4 Å². The molecular weight excluding hydrogens is 248 g/mol. The van der Waals surface area contributed by atoms with Gasteiger partial charge in [0.25, 0.3) is 5.78 Å². The first-order chi connectivity index (χ1) is 8.02. The van der Waals surface area contributed by atoms with Crippen LogP contribution in [0.5, 0.6) is 11.5 Å². The Morgan fingerprint density at radius 2 is 2.00 bits per heavy atom. The van der Waals surface area contributed by atoms with E-state index in [-0.39, 0.29) is 22.9 Å². The molecule has 0 fully saturated rings. The van der Waals surface area contributed by atoms with Gasteiger partial charge in [-0.15, -0.1) is 0 Å². The number of benzene rings is 1. The van der Waals surface area contributed by atoms with Gasteiger partial charge >= 0.3 is 5.97 Å². The molecule has 1 aliphatic rings. The normalized spacial score (nSPS) is 13.3. The number of ether oxygens (including phenoxy) is 2. The lowest BCUT2D eigenvalue weighted by Gasteiger charge is -2.22. The van der Waals surface area contributed by atoms with Crippen LogP contribution in [0, 0.1) is 6.92 Å². The standard InChI is InChI=1S/C11H9ClO5/c1-5-6(12)4-7-10(17-3-2-16-7)8(5)9(13)11(14)15/h4H,2-3H2,1H3,(H,14,15). The summed E-state index contributed by atoms with van der Waals surface area (Å²) in [5, 5.41) is 9.04. The molecule has 0 atom stereocenters. The highest BCUT2D eigenvalue weighted by Crippen LogP contribution is 2.39. The summed E-state index contributed by atoms with van der Waals surface area (Å²) >= 11 is 5.92. The summed E-state index contributed by atoms with van der Waals surface area (Å²) in [6.45, 7) is 2.18. The third kappa shape index (κ3) is 1.93. The van der Waals surface area contributed by atoms with Crippen molar-refractivity contribution in [2.45, 2.75) is 6.92 Å². The van der Waals surface area contributed by atoms with Crippen molar-refractivity contribution in [2.75, 3.05) is 13.2 Å². The molecule has 1 aromatic carbocycles. The third-order valence-corrected chi connectivity index (χ3v) is 2.84.